The van der Waals surface area contributed by atoms with Gasteiger partial charge in [0, 0.05) is 28.9 Å². The van der Waals surface area contributed by atoms with Crippen LogP contribution in [0.25, 0.3) is 0 Å². The zero-order valence-electron chi connectivity index (χ0n) is 27.1. The predicted molar refractivity (Wildman–Crippen MR) is 186 cm³/mol. The highest BCUT2D eigenvalue weighted by Crippen LogP contribution is 2.36. The first-order valence-electron chi connectivity index (χ1n) is 14.3. The van der Waals surface area contributed by atoms with E-state index < -0.39 is 4.92 Å². The lowest BCUT2D eigenvalue weighted by Crippen LogP contribution is -1.99. The van der Waals surface area contributed by atoms with Crippen LogP contribution in [0.1, 0.15) is 87.8 Å². The van der Waals surface area contributed by atoms with E-state index in [-0.39, 0.29) is 26.5 Å². The van der Waals surface area contributed by atoms with Gasteiger partial charge in [0.15, 0.2) is 0 Å². The Bertz CT molecular complexity index is 1590. The van der Waals surface area contributed by atoms with Gasteiger partial charge in [0.25, 0.3) is 5.69 Å². The molecule has 46 heavy (non-hydrogen) atoms. The van der Waals surface area contributed by atoms with E-state index in [1.807, 2.05) is 52.0 Å². The number of nitro groups is 1. The first kappa shape index (κ1) is 39.2. The number of hydrogen-bond donors (Lipinski definition) is 1. The van der Waals surface area contributed by atoms with Crippen LogP contribution in [0.5, 0.6) is 34.8 Å². The molecule has 4 rings (SSSR count). The van der Waals surface area contributed by atoms with Crippen LogP contribution in [0, 0.1) is 37.8 Å². The summed E-state index contributed by atoms with van der Waals surface area (Å²) in [6.07, 6.45) is 3.27. The molecule has 0 radical (unpaired) electrons. The molecule has 0 spiro atoms. The van der Waals surface area contributed by atoms with Crippen molar-refractivity contribution >= 4 is 11.4 Å². The van der Waals surface area contributed by atoms with Crippen molar-refractivity contribution in [2.75, 3.05) is 20.0 Å². The topological polar surface area (TPSA) is 132 Å². The van der Waals surface area contributed by atoms with Gasteiger partial charge >= 0.3 is 0 Å². The lowest BCUT2D eigenvalue weighted by atomic mass is 10.0. The normalized spacial score (nSPS) is 10.3. The molecule has 2 aromatic carbocycles. The summed E-state index contributed by atoms with van der Waals surface area (Å²) < 4.78 is 22.5. The second-order valence-corrected chi connectivity index (χ2v) is 11.2. The molecule has 2 N–H and O–H groups in total. The lowest BCUT2D eigenvalue weighted by Gasteiger charge is -2.15. The van der Waals surface area contributed by atoms with E-state index in [0.29, 0.717) is 46.1 Å². The fraction of sp³-hybridized carbons (Fsp3) is 0.389. The number of nitrogens with two attached hydrogens (primary N) is 1. The van der Waals surface area contributed by atoms with Gasteiger partial charge in [-0.15, -0.1) is 0 Å². The molecule has 0 unspecified atom stereocenters. The summed E-state index contributed by atoms with van der Waals surface area (Å²) in [5, 5.41) is 10.9. The van der Waals surface area contributed by atoms with E-state index in [0.717, 1.165) is 33.7 Å². The zero-order valence-corrected chi connectivity index (χ0v) is 27.1. The quantitative estimate of drug-likeness (QED) is 0.108. The van der Waals surface area contributed by atoms with E-state index in [2.05, 4.69) is 23.8 Å². The standard InChI is InChI=1S/C17H20N2O4.C17H22N2O2.2CH4/c1-10(2)15-8-14(9-18-17(15)22-5)23-16-11(3)6-13(19(20)21)7-12(16)4;1-10(2)15-8-14(9-19-17(15)20-5)21-16-11(3)6-13(18)7-12(16)4;;/h6-10H,1-5H3;6-10H,18H2,1-5H3;2*1H4. The Morgan fingerprint density at radius 2 is 1.02 bits per heavy atom. The highest BCUT2D eigenvalue weighted by molar-refractivity contribution is 5.54. The minimum Gasteiger partial charge on any atom is -0.481 e. The van der Waals surface area contributed by atoms with Crippen molar-refractivity contribution in [1.29, 1.82) is 0 Å². The van der Waals surface area contributed by atoms with Crippen LogP contribution in [0.3, 0.4) is 0 Å². The molecule has 2 heterocycles. The average Bonchev–Trinajstić information content (AvgIpc) is 2.96. The molecule has 0 aliphatic carbocycles. The van der Waals surface area contributed by atoms with E-state index in [9.17, 15) is 10.1 Å². The number of non-ortho nitro benzene ring substituents is 1. The first-order chi connectivity index (χ1) is 20.7. The smallest absolute Gasteiger partial charge is 0.270 e. The molecular formula is C36H50N4O6. The Labute approximate surface area is 274 Å². The van der Waals surface area contributed by atoms with Crippen LogP contribution in [-0.2, 0) is 0 Å². The van der Waals surface area contributed by atoms with E-state index in [1.165, 1.54) is 12.1 Å². The molecule has 0 saturated carbocycles. The number of hydrogen-bond acceptors (Lipinski definition) is 9. The molecule has 0 fully saturated rings. The molecule has 0 amide bonds. The Hall–Kier alpha value is -4.86. The van der Waals surface area contributed by atoms with Crippen LogP contribution >= 0.6 is 0 Å². The maximum absolute atomic E-state index is 10.9. The number of aromatic nitrogens is 2. The highest BCUT2D eigenvalue weighted by atomic mass is 16.6. The van der Waals surface area contributed by atoms with Gasteiger partial charge in [-0.3, -0.25) is 10.1 Å². The maximum atomic E-state index is 10.9. The number of anilines is 1. The monoisotopic (exact) mass is 634 g/mol. The van der Waals surface area contributed by atoms with Crippen LogP contribution in [-0.4, -0.2) is 29.1 Å². The number of ether oxygens (including phenoxy) is 4. The fourth-order valence-corrected chi connectivity index (χ4v) is 4.75. The van der Waals surface area contributed by atoms with Gasteiger partial charge < -0.3 is 24.7 Å². The summed E-state index contributed by atoms with van der Waals surface area (Å²) in [5.74, 6) is 4.48. The van der Waals surface area contributed by atoms with Crippen LogP contribution in [0.15, 0.2) is 48.8 Å². The number of nitro benzene ring substituents is 1. The van der Waals surface area contributed by atoms with E-state index in [4.69, 9.17) is 24.7 Å². The van der Waals surface area contributed by atoms with Gasteiger partial charge in [0.1, 0.15) is 23.0 Å². The number of pyridine rings is 2. The van der Waals surface area contributed by atoms with Crippen molar-refractivity contribution in [1.82, 2.24) is 9.97 Å². The van der Waals surface area contributed by atoms with Gasteiger partial charge in [-0.2, -0.15) is 0 Å². The molecule has 0 atom stereocenters. The molecule has 4 aromatic rings. The van der Waals surface area contributed by atoms with Crippen molar-refractivity contribution in [2.24, 2.45) is 0 Å². The number of benzene rings is 2. The Morgan fingerprint density at radius 1 is 0.674 bits per heavy atom. The molecule has 0 aliphatic rings. The number of nitrogens with zero attached hydrogens (tertiary/aromatic N) is 3. The van der Waals surface area contributed by atoms with Crippen molar-refractivity contribution in [2.45, 2.75) is 82.1 Å². The van der Waals surface area contributed by atoms with Crippen molar-refractivity contribution in [3.05, 3.63) is 92.3 Å². The number of aryl methyl sites for hydroxylation is 4. The summed E-state index contributed by atoms with van der Waals surface area (Å²) in [6, 6.07) is 10.7. The van der Waals surface area contributed by atoms with Gasteiger partial charge in [-0.05, 0) is 86.1 Å². The van der Waals surface area contributed by atoms with Gasteiger partial charge in [-0.25, -0.2) is 9.97 Å². The van der Waals surface area contributed by atoms with Gasteiger partial charge in [0.05, 0.1) is 31.5 Å². The minimum atomic E-state index is -0.407. The highest BCUT2D eigenvalue weighted by Gasteiger charge is 2.16. The number of methoxy groups -OCH3 is 2. The third-order valence-electron chi connectivity index (χ3n) is 6.92. The number of rotatable bonds is 9. The summed E-state index contributed by atoms with van der Waals surface area (Å²) >= 11 is 0. The molecule has 0 aliphatic heterocycles. The van der Waals surface area contributed by atoms with Gasteiger partial charge in [-0.1, -0.05) is 42.5 Å². The number of nitrogen functional groups attached to an aromatic ring is 1. The average molecular weight is 635 g/mol. The third-order valence-corrected chi connectivity index (χ3v) is 6.92. The zero-order chi connectivity index (χ0) is 32.7. The Morgan fingerprint density at radius 3 is 1.33 bits per heavy atom. The molecule has 250 valence electrons. The summed E-state index contributed by atoms with van der Waals surface area (Å²) in [5.41, 5.74) is 12.0. The molecule has 0 saturated heterocycles. The molecule has 10 heteroatoms. The third kappa shape index (κ3) is 9.57. The predicted octanol–water partition coefficient (Wildman–Crippen LogP) is 10.0. The molecule has 0 bridgehead atoms. The van der Waals surface area contributed by atoms with Crippen LogP contribution in [0.4, 0.5) is 11.4 Å². The largest absolute Gasteiger partial charge is 0.481 e. The fourth-order valence-electron chi connectivity index (χ4n) is 4.75. The SMILES string of the molecule is C.C.COc1ncc(Oc2c(C)cc(N)cc2C)cc1C(C)C.COc1ncc(Oc2c(C)cc([N+](=O)[O-])cc2C)cc1C(C)C. The van der Waals surface area contributed by atoms with E-state index in [1.54, 1.807) is 40.5 Å². The van der Waals surface area contributed by atoms with E-state index >= 15 is 0 Å². The second kappa shape index (κ2) is 17.0. The summed E-state index contributed by atoms with van der Waals surface area (Å²) in [6.45, 7) is 15.8. The lowest BCUT2D eigenvalue weighted by molar-refractivity contribution is -0.385. The molecule has 10 nitrogen and oxygen atoms in total. The summed E-state index contributed by atoms with van der Waals surface area (Å²) in [4.78, 5) is 19.1. The summed E-state index contributed by atoms with van der Waals surface area (Å²) in [7, 11) is 3.21. The molecular weight excluding hydrogens is 584 g/mol. The van der Waals surface area contributed by atoms with Crippen LogP contribution < -0.4 is 24.7 Å². The Balaban J connectivity index is 0.000000442. The van der Waals surface area contributed by atoms with Crippen molar-refractivity contribution < 1.29 is 23.9 Å². The van der Waals surface area contributed by atoms with Crippen molar-refractivity contribution in [3.8, 4) is 34.8 Å². The minimum absolute atomic E-state index is 0. The Kier molecular flexibility index (Phi) is 14.5. The molecule has 2 aromatic heterocycles. The van der Waals surface area contributed by atoms with Gasteiger partial charge in [0.2, 0.25) is 11.8 Å². The van der Waals surface area contributed by atoms with Crippen molar-refractivity contribution in [3.63, 3.8) is 0 Å². The van der Waals surface area contributed by atoms with Crippen LogP contribution in [0.2, 0.25) is 0 Å². The second-order valence-electron chi connectivity index (χ2n) is 11.2. The first-order valence-corrected chi connectivity index (χ1v) is 14.3. The maximum Gasteiger partial charge on any atom is 0.270 e.